The van der Waals surface area contributed by atoms with Gasteiger partial charge >= 0.3 is 0 Å². The zero-order chi connectivity index (χ0) is 17.1. The predicted octanol–water partition coefficient (Wildman–Crippen LogP) is 3.27. The molecule has 0 saturated carbocycles. The second-order valence-corrected chi connectivity index (χ2v) is 7.16. The molecule has 24 heavy (non-hydrogen) atoms. The van der Waals surface area contributed by atoms with Gasteiger partial charge in [0, 0.05) is 16.6 Å². The molecule has 1 aromatic carbocycles. The first-order valence-corrected chi connectivity index (χ1v) is 8.74. The van der Waals surface area contributed by atoms with Gasteiger partial charge in [0.25, 0.3) is 0 Å². The Labute approximate surface area is 145 Å². The van der Waals surface area contributed by atoms with Crippen molar-refractivity contribution in [1.82, 2.24) is 25.2 Å². The Morgan fingerprint density at radius 1 is 1.17 bits per heavy atom. The van der Waals surface area contributed by atoms with E-state index in [9.17, 15) is 0 Å². The van der Waals surface area contributed by atoms with E-state index in [1.54, 1.807) is 18.4 Å². The van der Waals surface area contributed by atoms with Gasteiger partial charge in [-0.15, -0.1) is 21.5 Å². The van der Waals surface area contributed by atoms with Gasteiger partial charge in [-0.05, 0) is 62.1 Å². The minimum absolute atomic E-state index is 0.635. The van der Waals surface area contributed by atoms with E-state index in [0.717, 1.165) is 40.3 Å². The summed E-state index contributed by atoms with van der Waals surface area (Å²) < 4.78 is 6.01. The van der Waals surface area contributed by atoms with E-state index < -0.39 is 0 Å². The van der Waals surface area contributed by atoms with Crippen LogP contribution in [0, 0.1) is 20.8 Å². The van der Waals surface area contributed by atoms with E-state index in [2.05, 4.69) is 34.2 Å². The normalized spacial score (nSPS) is 11.0. The van der Waals surface area contributed by atoms with Crippen molar-refractivity contribution in [3.05, 3.63) is 39.3 Å². The van der Waals surface area contributed by atoms with E-state index in [-0.39, 0.29) is 0 Å². The monoisotopic (exact) mass is 343 g/mol. The maximum Gasteiger partial charge on any atom is 0.204 e. The summed E-state index contributed by atoms with van der Waals surface area (Å²) in [4.78, 5) is 7.06. The second kappa shape index (κ2) is 7.09. The molecule has 7 heteroatoms. The smallest absolute Gasteiger partial charge is 0.204 e. The molecule has 3 aromatic rings. The van der Waals surface area contributed by atoms with Crippen molar-refractivity contribution in [1.29, 1.82) is 0 Å². The second-order valence-electron chi connectivity index (χ2n) is 5.84. The van der Waals surface area contributed by atoms with Gasteiger partial charge in [-0.3, -0.25) is 0 Å². The van der Waals surface area contributed by atoms with Crippen molar-refractivity contribution in [3.63, 3.8) is 0 Å². The third kappa shape index (κ3) is 3.79. The quantitative estimate of drug-likeness (QED) is 0.643. The van der Waals surface area contributed by atoms with Crippen molar-refractivity contribution < 1.29 is 4.74 Å². The zero-order valence-electron chi connectivity index (χ0n) is 14.4. The van der Waals surface area contributed by atoms with Gasteiger partial charge in [0.05, 0.1) is 18.7 Å². The highest BCUT2D eigenvalue weighted by Crippen LogP contribution is 2.28. The fourth-order valence-corrected chi connectivity index (χ4v) is 3.48. The third-order valence-corrected chi connectivity index (χ3v) is 4.68. The van der Waals surface area contributed by atoms with Crippen LogP contribution in [-0.2, 0) is 13.5 Å². The lowest BCUT2D eigenvalue weighted by atomic mass is 10.1. The molecule has 3 rings (SSSR count). The fourth-order valence-electron chi connectivity index (χ4n) is 2.65. The average molecular weight is 343 g/mol. The molecular weight excluding hydrogens is 322 g/mol. The first-order chi connectivity index (χ1) is 11.5. The summed E-state index contributed by atoms with van der Waals surface area (Å²) in [7, 11) is 1.76. The Balaban J connectivity index is 1.63. The van der Waals surface area contributed by atoms with Crippen LogP contribution in [0.3, 0.4) is 0 Å². The highest BCUT2D eigenvalue weighted by molar-refractivity contribution is 7.11. The molecular formula is C17H21N5OS. The van der Waals surface area contributed by atoms with E-state index in [1.807, 2.05) is 25.3 Å². The number of tetrazole rings is 1. The van der Waals surface area contributed by atoms with Crippen LogP contribution >= 0.6 is 11.3 Å². The number of hydrogen-bond acceptors (Lipinski definition) is 6. The van der Waals surface area contributed by atoms with Crippen molar-refractivity contribution >= 4 is 11.3 Å². The number of ether oxygens (including phenoxy) is 1. The van der Waals surface area contributed by atoms with Gasteiger partial charge < -0.3 is 4.74 Å². The molecule has 0 fully saturated rings. The summed E-state index contributed by atoms with van der Waals surface area (Å²) >= 11 is 1.75. The predicted molar refractivity (Wildman–Crippen MR) is 94.4 cm³/mol. The van der Waals surface area contributed by atoms with Crippen molar-refractivity contribution in [2.24, 2.45) is 7.05 Å². The van der Waals surface area contributed by atoms with Crippen molar-refractivity contribution in [2.75, 3.05) is 6.61 Å². The van der Waals surface area contributed by atoms with Gasteiger partial charge in [0.2, 0.25) is 5.82 Å². The number of aromatic nitrogens is 5. The molecule has 0 atom stereocenters. The number of rotatable bonds is 6. The lowest BCUT2D eigenvalue weighted by molar-refractivity contribution is 0.307. The molecule has 0 radical (unpaired) electrons. The van der Waals surface area contributed by atoms with E-state index >= 15 is 0 Å². The first kappa shape index (κ1) is 16.6. The molecule has 0 saturated heterocycles. The van der Waals surface area contributed by atoms with Gasteiger partial charge in [0.1, 0.15) is 5.75 Å². The number of benzene rings is 1. The van der Waals surface area contributed by atoms with Crippen LogP contribution in [-0.4, -0.2) is 31.8 Å². The molecule has 0 amide bonds. The summed E-state index contributed by atoms with van der Waals surface area (Å²) in [5, 5.41) is 13.3. The highest BCUT2D eigenvalue weighted by atomic mass is 32.1. The molecule has 0 aliphatic carbocycles. The summed E-state index contributed by atoms with van der Waals surface area (Å²) in [5.41, 5.74) is 3.14. The fraction of sp³-hybridized carbons (Fsp3) is 0.412. The minimum atomic E-state index is 0.635. The number of nitrogens with zero attached hydrogens (tertiary/aromatic N) is 5. The van der Waals surface area contributed by atoms with E-state index in [0.29, 0.717) is 12.4 Å². The molecule has 0 aliphatic heterocycles. The molecule has 0 aliphatic rings. The van der Waals surface area contributed by atoms with Crippen LogP contribution in [0.25, 0.3) is 11.4 Å². The lowest BCUT2D eigenvalue weighted by Crippen LogP contribution is -2.02. The number of aryl methyl sites for hydroxylation is 5. The maximum absolute atomic E-state index is 6.01. The van der Waals surface area contributed by atoms with Crippen molar-refractivity contribution in [2.45, 2.75) is 33.6 Å². The first-order valence-electron chi connectivity index (χ1n) is 7.92. The van der Waals surface area contributed by atoms with Crippen LogP contribution in [0.4, 0.5) is 0 Å². The maximum atomic E-state index is 6.01. The topological polar surface area (TPSA) is 65.7 Å². The van der Waals surface area contributed by atoms with E-state index in [4.69, 9.17) is 4.74 Å². The summed E-state index contributed by atoms with van der Waals surface area (Å²) in [5.74, 6) is 1.58. The molecule has 0 bridgehead atoms. The SMILES string of the molecule is Cc1ncc(CCCOc2c(C)cc(-c3nnn(C)n3)cc2C)s1. The van der Waals surface area contributed by atoms with Gasteiger partial charge in [-0.1, -0.05) is 0 Å². The number of thiazole rings is 1. The van der Waals surface area contributed by atoms with Crippen LogP contribution in [0.5, 0.6) is 5.75 Å². The van der Waals surface area contributed by atoms with Gasteiger partial charge in [0.15, 0.2) is 0 Å². The summed E-state index contributed by atoms with van der Waals surface area (Å²) in [6.07, 6.45) is 3.94. The van der Waals surface area contributed by atoms with Crippen LogP contribution in [0.15, 0.2) is 18.3 Å². The average Bonchev–Trinajstić information content (AvgIpc) is 3.14. The zero-order valence-corrected chi connectivity index (χ0v) is 15.2. The molecule has 0 N–H and O–H groups in total. The summed E-state index contributed by atoms with van der Waals surface area (Å²) in [6, 6.07) is 4.10. The highest BCUT2D eigenvalue weighted by Gasteiger charge is 2.11. The van der Waals surface area contributed by atoms with Gasteiger partial charge in [-0.2, -0.15) is 4.80 Å². The van der Waals surface area contributed by atoms with Crippen LogP contribution in [0.2, 0.25) is 0 Å². The van der Waals surface area contributed by atoms with Gasteiger partial charge in [-0.25, -0.2) is 4.98 Å². The Kier molecular flexibility index (Phi) is 4.89. The molecule has 0 unspecified atom stereocenters. The van der Waals surface area contributed by atoms with Crippen LogP contribution < -0.4 is 4.74 Å². The largest absolute Gasteiger partial charge is 0.493 e. The van der Waals surface area contributed by atoms with E-state index in [1.165, 1.54) is 9.67 Å². The molecule has 2 heterocycles. The Bertz CT molecular complexity index is 816. The molecule has 126 valence electrons. The molecule has 0 spiro atoms. The van der Waals surface area contributed by atoms with Crippen molar-refractivity contribution in [3.8, 4) is 17.1 Å². The number of hydrogen-bond donors (Lipinski definition) is 0. The molecule has 6 nitrogen and oxygen atoms in total. The van der Waals surface area contributed by atoms with Crippen LogP contribution in [0.1, 0.15) is 27.4 Å². The lowest BCUT2D eigenvalue weighted by Gasteiger charge is -2.13. The Morgan fingerprint density at radius 2 is 1.92 bits per heavy atom. The Morgan fingerprint density at radius 3 is 2.50 bits per heavy atom. The third-order valence-electron chi connectivity index (χ3n) is 3.71. The minimum Gasteiger partial charge on any atom is -0.493 e. The Hall–Kier alpha value is -2.28. The summed E-state index contributed by atoms with van der Waals surface area (Å²) in [6.45, 7) is 6.83. The molecule has 2 aromatic heterocycles. The standard InChI is InChI=1S/C17H21N5OS/c1-11-8-14(17-19-21-22(4)20-17)9-12(2)16(11)23-7-5-6-15-10-18-13(3)24-15/h8-10H,5-7H2,1-4H3.